The molecule has 1 aromatic carbocycles. The van der Waals surface area contributed by atoms with Crippen LogP contribution < -0.4 is 16.0 Å². The summed E-state index contributed by atoms with van der Waals surface area (Å²) < 4.78 is 0. The number of hydrogen-bond acceptors (Lipinski definition) is 3. The second-order valence-electron chi connectivity index (χ2n) is 4.22. The molecule has 1 aliphatic heterocycles. The van der Waals surface area contributed by atoms with Crippen molar-refractivity contribution in [2.24, 2.45) is 5.73 Å². The number of carbonyl (C=O) groups is 1. The predicted molar refractivity (Wildman–Crippen MR) is 74.6 cm³/mol. The normalized spacial score (nSPS) is 16.9. The predicted octanol–water partition coefficient (Wildman–Crippen LogP) is 1.82. The van der Waals surface area contributed by atoms with Crippen molar-refractivity contribution in [2.75, 3.05) is 23.3 Å². The Morgan fingerprint density at radius 1 is 1.33 bits per heavy atom. The Labute approximate surface area is 107 Å². The van der Waals surface area contributed by atoms with Gasteiger partial charge in [0.05, 0.1) is 0 Å². The van der Waals surface area contributed by atoms with E-state index in [0.717, 1.165) is 30.0 Å². The number of anilines is 2. The van der Waals surface area contributed by atoms with Gasteiger partial charge in [0.1, 0.15) is 6.04 Å². The van der Waals surface area contributed by atoms with E-state index in [9.17, 15) is 4.79 Å². The van der Waals surface area contributed by atoms with Gasteiger partial charge in [0.15, 0.2) is 0 Å². The fourth-order valence-electron chi connectivity index (χ4n) is 2.07. The van der Waals surface area contributed by atoms with Crippen molar-refractivity contribution in [3.05, 3.63) is 49.1 Å². The van der Waals surface area contributed by atoms with Gasteiger partial charge in [0.25, 0.3) is 0 Å². The average Bonchev–Trinajstić information content (AvgIpc) is 2.64. The van der Waals surface area contributed by atoms with Crippen LogP contribution in [0.4, 0.5) is 11.4 Å². The van der Waals surface area contributed by atoms with Crippen LogP contribution in [0.3, 0.4) is 0 Å². The molecule has 1 heterocycles. The topological polar surface area (TPSA) is 58.4 Å². The Morgan fingerprint density at radius 2 is 2.00 bits per heavy atom. The summed E-state index contributed by atoms with van der Waals surface area (Å²) >= 11 is 0. The summed E-state index contributed by atoms with van der Waals surface area (Å²) in [6.07, 6.45) is 3.67. The lowest BCUT2D eigenvalue weighted by molar-refractivity contribution is -0.116. The third-order valence-electron chi connectivity index (χ3n) is 2.98. The van der Waals surface area contributed by atoms with Crippen LogP contribution in [0.15, 0.2) is 43.5 Å². The largest absolute Gasteiger partial charge is 0.364 e. The first-order valence-corrected chi connectivity index (χ1v) is 5.84. The third-order valence-corrected chi connectivity index (χ3v) is 2.98. The molecule has 0 radical (unpaired) electrons. The zero-order chi connectivity index (χ0) is 13.1. The minimum Gasteiger partial charge on any atom is -0.364 e. The van der Waals surface area contributed by atoms with Crippen molar-refractivity contribution >= 4 is 17.3 Å². The molecule has 0 fully saturated rings. The van der Waals surface area contributed by atoms with E-state index in [1.54, 1.807) is 0 Å². The number of rotatable bonds is 5. The maximum atomic E-state index is 11.5. The quantitative estimate of drug-likeness (QED) is 0.775. The molecule has 3 N–H and O–H groups in total. The molecule has 1 unspecified atom stereocenters. The molecule has 0 bridgehead atoms. The second-order valence-corrected chi connectivity index (χ2v) is 4.22. The first-order valence-electron chi connectivity index (χ1n) is 5.84. The number of fused-ring (bicyclic) bond motifs is 1. The maximum absolute atomic E-state index is 11.5. The van der Waals surface area contributed by atoms with E-state index in [4.69, 9.17) is 5.73 Å². The summed E-state index contributed by atoms with van der Waals surface area (Å²) in [6.45, 7) is 8.93. The summed E-state index contributed by atoms with van der Waals surface area (Å²) in [5.41, 5.74) is 8.43. The monoisotopic (exact) mass is 243 g/mol. The fraction of sp³-hybridized carbons (Fsp3) is 0.214. The van der Waals surface area contributed by atoms with Gasteiger partial charge in [-0.1, -0.05) is 18.2 Å². The molecular formula is C14H17N3O. The summed E-state index contributed by atoms with van der Waals surface area (Å²) in [5, 5.41) is 2.78. The van der Waals surface area contributed by atoms with E-state index in [2.05, 4.69) is 23.4 Å². The highest BCUT2D eigenvalue weighted by atomic mass is 16.2. The van der Waals surface area contributed by atoms with Gasteiger partial charge in [-0.3, -0.25) is 4.79 Å². The number of nitrogens with zero attached hydrogens (tertiary/aromatic N) is 1. The number of nitrogens with two attached hydrogens (primary N) is 1. The molecule has 0 saturated heterocycles. The van der Waals surface area contributed by atoms with E-state index in [1.807, 2.05) is 30.4 Å². The number of hydrogen-bond donors (Lipinski definition) is 2. The Hall–Kier alpha value is -2.07. The van der Waals surface area contributed by atoms with Crippen molar-refractivity contribution in [3.63, 3.8) is 0 Å². The zero-order valence-electron chi connectivity index (χ0n) is 10.2. The summed E-state index contributed by atoms with van der Waals surface area (Å²) in [7, 11) is 0. The molecule has 94 valence electrons. The van der Waals surface area contributed by atoms with E-state index >= 15 is 0 Å². The van der Waals surface area contributed by atoms with E-state index in [1.165, 1.54) is 0 Å². The van der Waals surface area contributed by atoms with Crippen LogP contribution in [0.5, 0.6) is 0 Å². The Kier molecular flexibility index (Phi) is 3.48. The molecule has 1 aromatic rings. The SMILES string of the molecule is C=CCN(CC=C)c1ccc2c(c1)NC(=O)C2N. The molecule has 0 spiro atoms. The highest BCUT2D eigenvalue weighted by molar-refractivity contribution is 6.02. The van der Waals surface area contributed by atoms with E-state index < -0.39 is 6.04 Å². The van der Waals surface area contributed by atoms with Gasteiger partial charge in [-0.25, -0.2) is 0 Å². The second kappa shape index (κ2) is 5.06. The van der Waals surface area contributed by atoms with Crippen molar-refractivity contribution in [1.82, 2.24) is 0 Å². The van der Waals surface area contributed by atoms with Gasteiger partial charge >= 0.3 is 0 Å². The van der Waals surface area contributed by atoms with Gasteiger partial charge in [-0.15, -0.1) is 13.2 Å². The Bertz CT molecular complexity index is 486. The molecule has 2 rings (SSSR count). The lowest BCUT2D eigenvalue weighted by Crippen LogP contribution is -2.23. The van der Waals surface area contributed by atoms with Crippen molar-refractivity contribution in [2.45, 2.75) is 6.04 Å². The zero-order valence-corrected chi connectivity index (χ0v) is 10.2. The van der Waals surface area contributed by atoms with Gasteiger partial charge in [0, 0.05) is 30.0 Å². The summed E-state index contributed by atoms with van der Waals surface area (Å²) in [4.78, 5) is 13.6. The number of carbonyl (C=O) groups excluding carboxylic acids is 1. The molecule has 1 atom stereocenters. The molecule has 0 aromatic heterocycles. The summed E-state index contributed by atoms with van der Waals surface area (Å²) in [6, 6.07) is 5.24. The van der Waals surface area contributed by atoms with Gasteiger partial charge < -0.3 is 16.0 Å². The van der Waals surface area contributed by atoms with Crippen molar-refractivity contribution in [1.29, 1.82) is 0 Å². The first-order chi connectivity index (χ1) is 8.67. The van der Waals surface area contributed by atoms with Crippen LogP contribution in [0.25, 0.3) is 0 Å². The van der Waals surface area contributed by atoms with E-state index in [0.29, 0.717) is 0 Å². The van der Waals surface area contributed by atoms with Crippen LogP contribution in [0, 0.1) is 0 Å². The third kappa shape index (κ3) is 2.15. The molecule has 4 heteroatoms. The number of benzene rings is 1. The highest BCUT2D eigenvalue weighted by Crippen LogP contribution is 2.32. The molecule has 0 saturated carbocycles. The van der Waals surface area contributed by atoms with Gasteiger partial charge in [0.2, 0.25) is 5.91 Å². The number of nitrogens with one attached hydrogen (secondary N) is 1. The average molecular weight is 243 g/mol. The van der Waals surface area contributed by atoms with Crippen molar-refractivity contribution < 1.29 is 4.79 Å². The molecule has 1 aliphatic rings. The molecule has 0 aliphatic carbocycles. The standard InChI is InChI=1S/C14H17N3O/c1-3-7-17(8-4-2)10-5-6-11-12(9-10)16-14(18)13(11)15/h3-6,9,13H,1-2,7-8,15H2,(H,16,18). The van der Waals surface area contributed by atoms with Crippen LogP contribution in [0.2, 0.25) is 0 Å². The van der Waals surface area contributed by atoms with Crippen LogP contribution >= 0.6 is 0 Å². The highest BCUT2D eigenvalue weighted by Gasteiger charge is 2.27. The minimum atomic E-state index is -0.554. The van der Waals surface area contributed by atoms with Gasteiger partial charge in [-0.05, 0) is 12.1 Å². The Balaban J connectivity index is 2.31. The van der Waals surface area contributed by atoms with Crippen LogP contribution in [0.1, 0.15) is 11.6 Å². The van der Waals surface area contributed by atoms with Crippen molar-refractivity contribution in [3.8, 4) is 0 Å². The van der Waals surface area contributed by atoms with E-state index in [-0.39, 0.29) is 5.91 Å². The smallest absolute Gasteiger partial charge is 0.245 e. The minimum absolute atomic E-state index is 0.152. The fourth-order valence-corrected chi connectivity index (χ4v) is 2.07. The lowest BCUT2D eigenvalue weighted by atomic mass is 10.1. The molecule has 4 nitrogen and oxygen atoms in total. The summed E-state index contributed by atoms with van der Waals surface area (Å²) in [5.74, 6) is -0.152. The van der Waals surface area contributed by atoms with Gasteiger partial charge in [-0.2, -0.15) is 0 Å². The molecule has 18 heavy (non-hydrogen) atoms. The number of amides is 1. The van der Waals surface area contributed by atoms with Crippen LogP contribution in [-0.2, 0) is 4.79 Å². The first kappa shape index (κ1) is 12.4. The van der Waals surface area contributed by atoms with Crippen LogP contribution in [-0.4, -0.2) is 19.0 Å². The maximum Gasteiger partial charge on any atom is 0.245 e. The Morgan fingerprint density at radius 3 is 2.61 bits per heavy atom. The lowest BCUT2D eigenvalue weighted by Gasteiger charge is -2.22. The molecule has 1 amide bonds. The molecular weight excluding hydrogens is 226 g/mol.